The Kier molecular flexibility index (Phi) is 4.23. The fourth-order valence-electron chi connectivity index (χ4n) is 3.10. The Hall–Kier alpha value is -2.50. The Bertz CT molecular complexity index is 645. The van der Waals surface area contributed by atoms with Crippen molar-refractivity contribution in [3.63, 3.8) is 0 Å². The van der Waals surface area contributed by atoms with Gasteiger partial charge in [-0.3, -0.25) is 0 Å². The van der Waals surface area contributed by atoms with Crippen molar-refractivity contribution < 1.29 is 19.4 Å². The Morgan fingerprint density at radius 1 is 1.22 bits per heavy atom. The Morgan fingerprint density at radius 3 is 2.52 bits per heavy atom. The number of nitrogens with one attached hydrogen (secondary N) is 2. The summed E-state index contributed by atoms with van der Waals surface area (Å²) in [6.07, 6.45) is 3.89. The number of hydrogen-bond acceptors (Lipinski definition) is 4. The van der Waals surface area contributed by atoms with Crippen LogP contribution in [0.1, 0.15) is 44.2 Å². The van der Waals surface area contributed by atoms with Crippen molar-refractivity contribution >= 4 is 12.0 Å². The molecule has 0 radical (unpaired) electrons. The molecule has 1 heterocycles. The molecule has 122 valence electrons. The van der Waals surface area contributed by atoms with Gasteiger partial charge in [-0.2, -0.15) is 0 Å². The van der Waals surface area contributed by atoms with E-state index in [1.165, 1.54) is 12.1 Å². The highest BCUT2D eigenvalue weighted by atomic mass is 16.5. The fourth-order valence-corrected chi connectivity index (χ4v) is 3.10. The first kappa shape index (κ1) is 15.4. The molecular formula is C17H20N2O4. The number of amides is 2. The van der Waals surface area contributed by atoms with Crippen LogP contribution in [0.2, 0.25) is 0 Å². The summed E-state index contributed by atoms with van der Waals surface area (Å²) in [6, 6.07) is 5.47. The van der Waals surface area contributed by atoms with E-state index in [0.717, 1.165) is 31.2 Å². The zero-order chi connectivity index (χ0) is 16.4. The quantitative estimate of drug-likeness (QED) is 0.748. The number of urea groups is 1. The van der Waals surface area contributed by atoms with E-state index in [4.69, 9.17) is 4.74 Å². The van der Waals surface area contributed by atoms with Gasteiger partial charge in [0, 0.05) is 5.70 Å². The van der Waals surface area contributed by atoms with Crippen LogP contribution in [0.15, 0.2) is 35.5 Å². The molecule has 1 aromatic rings. The van der Waals surface area contributed by atoms with Crippen molar-refractivity contribution in [1.29, 1.82) is 0 Å². The van der Waals surface area contributed by atoms with Crippen LogP contribution in [-0.2, 0) is 9.53 Å². The lowest BCUT2D eigenvalue weighted by Gasteiger charge is -2.28. The molecule has 1 atom stereocenters. The lowest BCUT2D eigenvalue weighted by atomic mass is 9.95. The van der Waals surface area contributed by atoms with E-state index < -0.39 is 12.0 Å². The summed E-state index contributed by atoms with van der Waals surface area (Å²) >= 11 is 0. The van der Waals surface area contributed by atoms with Gasteiger partial charge >= 0.3 is 12.0 Å². The number of aromatic hydroxyl groups is 1. The standard InChI is InChI=1S/C17H20N2O4/c1-10-14(16(21)23-13-4-2-3-5-13)15(19-17(22)18-10)11-6-8-12(20)9-7-11/h6-9,13,15,20H,2-5H2,1H3,(H2,18,19,22)/t15-/m1/s1. The van der Waals surface area contributed by atoms with Crippen LogP contribution >= 0.6 is 0 Å². The third-order valence-electron chi connectivity index (χ3n) is 4.29. The summed E-state index contributed by atoms with van der Waals surface area (Å²) in [7, 11) is 0. The molecule has 0 spiro atoms. The second-order valence-electron chi connectivity index (χ2n) is 5.97. The summed E-state index contributed by atoms with van der Waals surface area (Å²) in [5.41, 5.74) is 1.62. The van der Waals surface area contributed by atoms with Crippen LogP contribution in [-0.4, -0.2) is 23.2 Å². The molecule has 3 rings (SSSR count). The van der Waals surface area contributed by atoms with E-state index in [2.05, 4.69) is 10.6 Å². The Labute approximate surface area is 134 Å². The first-order valence-electron chi connectivity index (χ1n) is 7.83. The molecule has 0 unspecified atom stereocenters. The van der Waals surface area contributed by atoms with Crippen molar-refractivity contribution in [2.24, 2.45) is 0 Å². The minimum Gasteiger partial charge on any atom is -0.508 e. The highest BCUT2D eigenvalue weighted by Gasteiger charge is 2.33. The molecule has 0 bridgehead atoms. The van der Waals surface area contributed by atoms with Crippen LogP contribution in [0.3, 0.4) is 0 Å². The molecule has 3 N–H and O–H groups in total. The molecule has 2 amide bonds. The third-order valence-corrected chi connectivity index (χ3v) is 4.29. The third kappa shape index (κ3) is 3.31. The highest BCUT2D eigenvalue weighted by Crippen LogP contribution is 2.30. The van der Waals surface area contributed by atoms with E-state index in [1.807, 2.05) is 0 Å². The van der Waals surface area contributed by atoms with Gasteiger partial charge < -0.3 is 20.5 Å². The van der Waals surface area contributed by atoms with Crippen molar-refractivity contribution in [3.8, 4) is 5.75 Å². The molecule has 23 heavy (non-hydrogen) atoms. The zero-order valence-electron chi connectivity index (χ0n) is 13.0. The minimum atomic E-state index is -0.585. The number of phenolic OH excluding ortho intramolecular Hbond substituents is 1. The molecule has 1 fully saturated rings. The van der Waals surface area contributed by atoms with Gasteiger partial charge in [0.15, 0.2) is 0 Å². The monoisotopic (exact) mass is 316 g/mol. The Balaban J connectivity index is 1.88. The fraction of sp³-hybridized carbons (Fsp3) is 0.412. The number of rotatable bonds is 3. The second kappa shape index (κ2) is 6.32. The molecule has 6 heteroatoms. The summed E-state index contributed by atoms with van der Waals surface area (Å²) in [4.78, 5) is 24.4. The summed E-state index contributed by atoms with van der Waals surface area (Å²) in [6.45, 7) is 1.69. The number of carbonyl (C=O) groups excluding carboxylic acids is 2. The number of allylic oxidation sites excluding steroid dienone is 1. The summed E-state index contributed by atoms with van der Waals surface area (Å²) in [5, 5.41) is 14.8. The normalized spacial score (nSPS) is 21.8. The predicted octanol–water partition coefficient (Wildman–Crippen LogP) is 2.51. The minimum absolute atomic E-state index is 0.0408. The average molecular weight is 316 g/mol. The van der Waals surface area contributed by atoms with Gasteiger partial charge in [0.25, 0.3) is 0 Å². The van der Waals surface area contributed by atoms with E-state index >= 15 is 0 Å². The van der Waals surface area contributed by atoms with Crippen LogP contribution in [0.25, 0.3) is 0 Å². The molecule has 0 saturated heterocycles. The van der Waals surface area contributed by atoms with Crippen LogP contribution in [0.4, 0.5) is 4.79 Å². The van der Waals surface area contributed by atoms with E-state index in [0.29, 0.717) is 11.3 Å². The van der Waals surface area contributed by atoms with Gasteiger partial charge in [-0.15, -0.1) is 0 Å². The van der Waals surface area contributed by atoms with Gasteiger partial charge in [0.05, 0.1) is 11.6 Å². The maximum atomic E-state index is 12.6. The second-order valence-corrected chi connectivity index (χ2v) is 5.97. The number of carbonyl (C=O) groups is 2. The maximum absolute atomic E-state index is 12.6. The van der Waals surface area contributed by atoms with Crippen LogP contribution in [0, 0.1) is 0 Å². The van der Waals surface area contributed by atoms with Gasteiger partial charge in [0.1, 0.15) is 11.9 Å². The van der Waals surface area contributed by atoms with Crippen LogP contribution < -0.4 is 10.6 Å². The first-order valence-corrected chi connectivity index (χ1v) is 7.83. The average Bonchev–Trinajstić information content (AvgIpc) is 3.00. The summed E-state index contributed by atoms with van der Waals surface area (Å²) in [5.74, 6) is -0.273. The number of phenols is 1. The molecule has 2 aliphatic rings. The molecule has 6 nitrogen and oxygen atoms in total. The molecule has 1 aliphatic heterocycles. The smallest absolute Gasteiger partial charge is 0.338 e. The molecule has 1 saturated carbocycles. The van der Waals surface area contributed by atoms with Crippen LogP contribution in [0.5, 0.6) is 5.75 Å². The SMILES string of the molecule is CC1=C(C(=O)OC2CCCC2)[C@@H](c2ccc(O)cc2)NC(=O)N1. The topological polar surface area (TPSA) is 87.7 Å². The maximum Gasteiger partial charge on any atom is 0.338 e. The number of esters is 1. The van der Waals surface area contributed by atoms with Gasteiger partial charge in [0.2, 0.25) is 0 Å². The molecular weight excluding hydrogens is 296 g/mol. The lowest BCUT2D eigenvalue weighted by molar-refractivity contribution is -0.144. The van der Waals surface area contributed by atoms with Gasteiger partial charge in [-0.1, -0.05) is 12.1 Å². The lowest BCUT2D eigenvalue weighted by Crippen LogP contribution is -2.45. The number of ether oxygens (including phenoxy) is 1. The molecule has 0 aromatic heterocycles. The van der Waals surface area contributed by atoms with Crippen molar-refractivity contribution in [2.45, 2.75) is 44.8 Å². The van der Waals surface area contributed by atoms with Crippen molar-refractivity contribution in [1.82, 2.24) is 10.6 Å². The zero-order valence-corrected chi connectivity index (χ0v) is 13.0. The molecule has 1 aliphatic carbocycles. The Morgan fingerprint density at radius 2 is 1.87 bits per heavy atom. The number of benzene rings is 1. The van der Waals surface area contributed by atoms with E-state index in [1.54, 1.807) is 19.1 Å². The largest absolute Gasteiger partial charge is 0.508 e. The highest BCUT2D eigenvalue weighted by molar-refractivity contribution is 5.95. The number of hydrogen-bond donors (Lipinski definition) is 3. The van der Waals surface area contributed by atoms with E-state index in [9.17, 15) is 14.7 Å². The molecule has 1 aromatic carbocycles. The first-order chi connectivity index (χ1) is 11.0. The van der Waals surface area contributed by atoms with E-state index in [-0.39, 0.29) is 17.9 Å². The van der Waals surface area contributed by atoms with Gasteiger partial charge in [-0.25, -0.2) is 9.59 Å². The van der Waals surface area contributed by atoms with Crippen molar-refractivity contribution in [2.75, 3.05) is 0 Å². The summed E-state index contributed by atoms with van der Waals surface area (Å²) < 4.78 is 5.59. The predicted molar refractivity (Wildman–Crippen MR) is 83.6 cm³/mol. The van der Waals surface area contributed by atoms with Gasteiger partial charge in [-0.05, 0) is 50.3 Å². The van der Waals surface area contributed by atoms with Crippen molar-refractivity contribution in [3.05, 3.63) is 41.1 Å².